The van der Waals surface area contributed by atoms with Crippen LogP contribution < -0.4 is 0 Å². The summed E-state index contributed by atoms with van der Waals surface area (Å²) < 4.78 is 5.30. The number of nitrogens with one attached hydrogen (secondary N) is 1. The highest BCUT2D eigenvalue weighted by Crippen LogP contribution is 2.31. The van der Waals surface area contributed by atoms with Gasteiger partial charge in [-0.15, -0.1) is 0 Å². The van der Waals surface area contributed by atoms with Crippen LogP contribution in [-0.2, 0) is 16.9 Å². The van der Waals surface area contributed by atoms with Gasteiger partial charge >= 0.3 is 6.09 Å². The van der Waals surface area contributed by atoms with Crippen LogP contribution in [-0.4, -0.2) is 44.6 Å². The van der Waals surface area contributed by atoms with Crippen molar-refractivity contribution in [2.24, 2.45) is 0 Å². The molecule has 0 unspecified atom stereocenters. The minimum absolute atomic E-state index is 0.254. The average molecular weight is 302 g/mol. The number of rotatable bonds is 3. The number of carbonyl (C=O) groups excluding carboxylic acids is 1. The number of benzene rings is 1. The van der Waals surface area contributed by atoms with Gasteiger partial charge in [-0.1, -0.05) is 30.3 Å². The number of H-pyrrole nitrogens is 1. The summed E-state index contributed by atoms with van der Waals surface area (Å²) in [6.45, 7) is 1.11. The summed E-state index contributed by atoms with van der Waals surface area (Å²) in [5.41, 5.74) is 0.445. The minimum Gasteiger partial charge on any atom is -0.445 e. The van der Waals surface area contributed by atoms with Crippen molar-refractivity contribution in [3.63, 3.8) is 0 Å². The van der Waals surface area contributed by atoms with Crippen LogP contribution in [0.2, 0.25) is 0 Å². The normalized spacial score (nSPS) is 17.2. The van der Waals surface area contributed by atoms with Crippen molar-refractivity contribution in [3.05, 3.63) is 47.8 Å². The summed E-state index contributed by atoms with van der Waals surface area (Å²) in [5.74, 6) is 0. The number of hydrogen-bond donors (Lipinski definition) is 2. The quantitative estimate of drug-likeness (QED) is 0.895. The second-order valence-electron chi connectivity index (χ2n) is 5.41. The van der Waals surface area contributed by atoms with E-state index >= 15 is 0 Å². The van der Waals surface area contributed by atoms with Crippen molar-refractivity contribution < 1.29 is 14.6 Å². The first-order valence-corrected chi connectivity index (χ1v) is 7.22. The number of hydrogen-bond acceptors (Lipinski definition) is 5. The highest BCUT2D eigenvalue weighted by molar-refractivity contribution is 5.67. The Labute approximate surface area is 127 Å². The molecular formula is C15H18N4O3. The Balaban J connectivity index is 1.52. The van der Waals surface area contributed by atoms with Gasteiger partial charge in [0, 0.05) is 13.1 Å². The zero-order valence-corrected chi connectivity index (χ0v) is 12.1. The Morgan fingerprint density at radius 2 is 2.05 bits per heavy atom. The average Bonchev–Trinajstić information content (AvgIpc) is 3.10. The van der Waals surface area contributed by atoms with Gasteiger partial charge in [-0.3, -0.25) is 0 Å². The van der Waals surface area contributed by atoms with Gasteiger partial charge in [-0.05, 0) is 18.4 Å². The largest absolute Gasteiger partial charge is 0.445 e. The van der Waals surface area contributed by atoms with Gasteiger partial charge < -0.3 is 14.7 Å². The van der Waals surface area contributed by atoms with Crippen LogP contribution in [0.25, 0.3) is 0 Å². The van der Waals surface area contributed by atoms with Crippen molar-refractivity contribution in [2.45, 2.75) is 25.0 Å². The molecule has 1 aromatic carbocycles. The minimum atomic E-state index is -1.02. The molecule has 0 spiro atoms. The first-order chi connectivity index (χ1) is 10.7. The van der Waals surface area contributed by atoms with Gasteiger partial charge in [0.2, 0.25) is 0 Å². The van der Waals surface area contributed by atoms with Crippen LogP contribution in [0.3, 0.4) is 0 Å². The molecule has 0 atom stereocenters. The molecule has 1 aliphatic heterocycles. The molecule has 0 radical (unpaired) electrons. The fraction of sp³-hybridized carbons (Fsp3) is 0.400. The van der Waals surface area contributed by atoms with Gasteiger partial charge in [0.05, 0.1) is 6.20 Å². The van der Waals surface area contributed by atoms with E-state index in [1.54, 1.807) is 4.90 Å². The highest BCUT2D eigenvalue weighted by atomic mass is 16.6. The lowest BCUT2D eigenvalue weighted by Crippen LogP contribution is -2.45. The van der Waals surface area contributed by atoms with Gasteiger partial charge in [-0.2, -0.15) is 15.4 Å². The molecule has 1 aromatic heterocycles. The summed E-state index contributed by atoms with van der Waals surface area (Å²) in [6, 6.07) is 9.55. The van der Waals surface area contributed by atoms with Crippen molar-refractivity contribution in [2.75, 3.05) is 13.1 Å². The van der Waals surface area contributed by atoms with Crippen LogP contribution in [0, 0.1) is 0 Å². The standard InChI is InChI=1S/C15H18N4O3/c20-14(22-11-12-4-2-1-3-5-12)19-8-6-15(21,7-9-19)13-10-16-18-17-13/h1-5,10,21H,6-9,11H2,(H,16,17,18). The summed E-state index contributed by atoms with van der Waals surface area (Å²) in [5, 5.41) is 20.7. The molecular weight excluding hydrogens is 284 g/mol. The molecule has 1 amide bonds. The predicted molar refractivity (Wildman–Crippen MR) is 77.7 cm³/mol. The predicted octanol–water partition coefficient (Wildman–Crippen LogP) is 1.42. The Morgan fingerprint density at radius 1 is 1.32 bits per heavy atom. The van der Waals surface area contributed by atoms with Crippen molar-refractivity contribution in [1.29, 1.82) is 0 Å². The van der Waals surface area contributed by atoms with Crippen LogP contribution in [0.4, 0.5) is 4.79 Å². The Hall–Kier alpha value is -2.41. The van der Waals surface area contributed by atoms with Crippen molar-refractivity contribution in [3.8, 4) is 0 Å². The Morgan fingerprint density at radius 3 is 2.68 bits per heavy atom. The van der Waals surface area contributed by atoms with Gasteiger partial charge in [0.1, 0.15) is 17.9 Å². The molecule has 7 nitrogen and oxygen atoms in total. The lowest BCUT2D eigenvalue weighted by molar-refractivity contribution is -0.0287. The van der Waals surface area contributed by atoms with E-state index in [9.17, 15) is 9.90 Å². The fourth-order valence-corrected chi connectivity index (χ4v) is 2.55. The zero-order valence-electron chi connectivity index (χ0n) is 12.1. The second kappa shape index (κ2) is 6.15. The Bertz CT molecular complexity index is 607. The van der Waals surface area contributed by atoms with E-state index in [1.165, 1.54) is 6.20 Å². The molecule has 0 aliphatic carbocycles. The summed E-state index contributed by atoms with van der Waals surface area (Å²) >= 11 is 0. The number of aliphatic hydroxyl groups is 1. The molecule has 1 aliphatic rings. The molecule has 3 rings (SSSR count). The first kappa shape index (κ1) is 14.5. The molecule has 7 heteroatoms. The molecule has 1 fully saturated rings. The second-order valence-corrected chi connectivity index (χ2v) is 5.41. The maximum absolute atomic E-state index is 12.1. The van der Waals surface area contributed by atoms with E-state index in [1.807, 2.05) is 30.3 Å². The maximum atomic E-state index is 12.1. The van der Waals surface area contributed by atoms with Crippen LogP contribution in [0.15, 0.2) is 36.5 Å². The number of aromatic amines is 1. The van der Waals surface area contributed by atoms with Crippen molar-refractivity contribution in [1.82, 2.24) is 20.3 Å². The zero-order chi connectivity index (χ0) is 15.4. The van der Waals surface area contributed by atoms with Crippen molar-refractivity contribution >= 4 is 6.09 Å². The van der Waals surface area contributed by atoms with Gasteiger partial charge in [0.15, 0.2) is 0 Å². The molecule has 0 saturated carbocycles. The van der Waals surface area contributed by atoms with E-state index < -0.39 is 5.60 Å². The molecule has 2 heterocycles. The number of piperidine rings is 1. The van der Waals surface area contributed by atoms with Gasteiger partial charge in [0.25, 0.3) is 0 Å². The first-order valence-electron chi connectivity index (χ1n) is 7.22. The monoisotopic (exact) mass is 302 g/mol. The molecule has 0 bridgehead atoms. The number of carbonyl (C=O) groups is 1. The fourth-order valence-electron chi connectivity index (χ4n) is 2.55. The smallest absolute Gasteiger partial charge is 0.410 e. The SMILES string of the molecule is O=C(OCc1ccccc1)N1CCC(O)(c2cn[nH]n2)CC1. The highest BCUT2D eigenvalue weighted by Gasteiger charge is 2.37. The Kier molecular flexibility index (Phi) is 4.06. The third-order valence-corrected chi connectivity index (χ3v) is 3.95. The van der Waals surface area contributed by atoms with E-state index in [2.05, 4.69) is 15.4 Å². The number of amides is 1. The summed E-state index contributed by atoms with van der Waals surface area (Å²) in [6.07, 6.45) is 2.00. The number of aromatic nitrogens is 3. The molecule has 1 saturated heterocycles. The maximum Gasteiger partial charge on any atom is 0.410 e. The molecule has 2 aromatic rings. The molecule has 116 valence electrons. The summed E-state index contributed by atoms with van der Waals surface area (Å²) in [7, 11) is 0. The summed E-state index contributed by atoms with van der Waals surface area (Å²) in [4.78, 5) is 13.7. The third kappa shape index (κ3) is 3.09. The number of ether oxygens (including phenoxy) is 1. The van der Waals surface area contributed by atoms with E-state index in [4.69, 9.17) is 4.74 Å². The van der Waals surface area contributed by atoms with Gasteiger partial charge in [-0.25, -0.2) is 4.79 Å². The van der Waals surface area contributed by atoms with Crippen LogP contribution in [0.5, 0.6) is 0 Å². The number of likely N-dealkylation sites (tertiary alicyclic amines) is 1. The lowest BCUT2D eigenvalue weighted by Gasteiger charge is -2.36. The molecule has 22 heavy (non-hydrogen) atoms. The van der Waals surface area contributed by atoms with E-state index in [0.29, 0.717) is 31.6 Å². The van der Waals surface area contributed by atoms with Crippen LogP contribution in [0.1, 0.15) is 24.1 Å². The molecule has 2 N–H and O–H groups in total. The van der Waals surface area contributed by atoms with E-state index in [0.717, 1.165) is 5.56 Å². The number of nitrogens with zero attached hydrogens (tertiary/aromatic N) is 3. The topological polar surface area (TPSA) is 91.3 Å². The third-order valence-electron chi connectivity index (χ3n) is 3.95. The van der Waals surface area contributed by atoms with E-state index in [-0.39, 0.29) is 12.7 Å². The lowest BCUT2D eigenvalue weighted by atomic mass is 9.89. The van der Waals surface area contributed by atoms with Crippen LogP contribution >= 0.6 is 0 Å².